The zero-order chi connectivity index (χ0) is 14.8. The molecule has 1 heterocycles. The standard InChI is InChI=1S/C17H22N2O2/c1-12(20)18-15-6-7-16-13(10-15)4-5-14(17(16)21)11-19-8-2-3-9-19/h6-7,10,14H,2-5,8-9,11H2,1H3,(H,18,20). The third-order valence-electron chi connectivity index (χ3n) is 4.50. The lowest BCUT2D eigenvalue weighted by Crippen LogP contribution is -2.34. The molecule has 0 aromatic heterocycles. The van der Waals surface area contributed by atoms with Crippen molar-refractivity contribution in [2.24, 2.45) is 5.92 Å². The number of hydrogen-bond acceptors (Lipinski definition) is 3. The number of nitrogens with one attached hydrogen (secondary N) is 1. The van der Waals surface area contributed by atoms with E-state index >= 15 is 0 Å². The summed E-state index contributed by atoms with van der Waals surface area (Å²) in [6, 6.07) is 5.65. The van der Waals surface area contributed by atoms with Gasteiger partial charge in [0.15, 0.2) is 5.78 Å². The van der Waals surface area contributed by atoms with Crippen molar-refractivity contribution in [1.82, 2.24) is 4.90 Å². The second-order valence-corrected chi connectivity index (χ2v) is 6.16. The van der Waals surface area contributed by atoms with Crippen LogP contribution in [0.1, 0.15) is 42.1 Å². The van der Waals surface area contributed by atoms with Crippen molar-refractivity contribution >= 4 is 17.4 Å². The fraction of sp³-hybridized carbons (Fsp3) is 0.529. The molecule has 0 bridgehead atoms. The van der Waals surface area contributed by atoms with Gasteiger partial charge < -0.3 is 10.2 Å². The van der Waals surface area contributed by atoms with Gasteiger partial charge in [-0.25, -0.2) is 0 Å². The minimum atomic E-state index is -0.0796. The second-order valence-electron chi connectivity index (χ2n) is 6.16. The molecule has 4 nitrogen and oxygen atoms in total. The van der Waals surface area contributed by atoms with Crippen LogP contribution in [-0.2, 0) is 11.2 Å². The molecule has 1 fully saturated rings. The Morgan fingerprint density at radius 1 is 1.33 bits per heavy atom. The first-order valence-electron chi connectivity index (χ1n) is 7.80. The lowest BCUT2D eigenvalue weighted by Gasteiger charge is -2.27. The summed E-state index contributed by atoms with van der Waals surface area (Å²) in [5.41, 5.74) is 2.70. The molecule has 3 rings (SSSR count). The highest BCUT2D eigenvalue weighted by Crippen LogP contribution is 2.29. The van der Waals surface area contributed by atoms with Crippen LogP contribution < -0.4 is 5.32 Å². The normalized spacial score (nSPS) is 22.1. The summed E-state index contributed by atoms with van der Waals surface area (Å²) < 4.78 is 0. The number of nitrogens with zero attached hydrogens (tertiary/aromatic N) is 1. The fourth-order valence-electron chi connectivity index (χ4n) is 3.45. The first-order chi connectivity index (χ1) is 10.1. The van der Waals surface area contributed by atoms with Gasteiger partial charge in [0, 0.05) is 30.6 Å². The van der Waals surface area contributed by atoms with E-state index in [2.05, 4.69) is 10.2 Å². The summed E-state index contributed by atoms with van der Waals surface area (Å²) in [6.45, 7) is 4.68. The Morgan fingerprint density at radius 2 is 2.10 bits per heavy atom. The molecular weight excluding hydrogens is 264 g/mol. The molecule has 1 aromatic carbocycles. The Balaban J connectivity index is 1.73. The highest BCUT2D eigenvalue weighted by Gasteiger charge is 2.29. The minimum Gasteiger partial charge on any atom is -0.326 e. The maximum Gasteiger partial charge on any atom is 0.221 e. The van der Waals surface area contributed by atoms with Gasteiger partial charge in [0.25, 0.3) is 0 Å². The number of carbonyl (C=O) groups is 2. The number of Topliss-reactive ketones (excluding diaryl/α,β-unsaturated/α-hetero) is 1. The molecule has 112 valence electrons. The van der Waals surface area contributed by atoms with Crippen LogP contribution in [-0.4, -0.2) is 36.2 Å². The van der Waals surface area contributed by atoms with E-state index in [1.165, 1.54) is 19.8 Å². The van der Waals surface area contributed by atoms with Crippen molar-refractivity contribution in [2.45, 2.75) is 32.6 Å². The van der Waals surface area contributed by atoms with Gasteiger partial charge in [0.05, 0.1) is 0 Å². The third-order valence-corrected chi connectivity index (χ3v) is 4.50. The van der Waals surface area contributed by atoms with Gasteiger partial charge in [0.2, 0.25) is 5.91 Å². The summed E-state index contributed by atoms with van der Waals surface area (Å²) >= 11 is 0. The SMILES string of the molecule is CC(=O)Nc1ccc2c(c1)CCC(CN1CCCC1)C2=O. The average Bonchev–Trinajstić information content (AvgIpc) is 2.94. The molecule has 1 amide bonds. The van der Waals surface area contributed by atoms with E-state index in [0.29, 0.717) is 0 Å². The quantitative estimate of drug-likeness (QED) is 0.928. The van der Waals surface area contributed by atoms with Crippen molar-refractivity contribution in [3.63, 3.8) is 0 Å². The fourth-order valence-corrected chi connectivity index (χ4v) is 3.45. The van der Waals surface area contributed by atoms with Gasteiger partial charge in [-0.15, -0.1) is 0 Å². The van der Waals surface area contributed by atoms with E-state index < -0.39 is 0 Å². The van der Waals surface area contributed by atoms with Crippen LogP contribution in [0.2, 0.25) is 0 Å². The monoisotopic (exact) mass is 286 g/mol. The van der Waals surface area contributed by atoms with Crippen molar-refractivity contribution in [3.8, 4) is 0 Å². The predicted molar refractivity (Wildman–Crippen MR) is 82.6 cm³/mol. The van der Waals surface area contributed by atoms with Gasteiger partial charge in [-0.05, 0) is 62.5 Å². The molecule has 2 aliphatic rings. The topological polar surface area (TPSA) is 49.4 Å². The summed E-state index contributed by atoms with van der Waals surface area (Å²) in [4.78, 5) is 26.1. The maximum atomic E-state index is 12.6. The first-order valence-corrected chi connectivity index (χ1v) is 7.80. The second kappa shape index (κ2) is 5.98. The molecule has 0 radical (unpaired) electrons. The number of likely N-dealkylation sites (tertiary alicyclic amines) is 1. The number of hydrogen-bond donors (Lipinski definition) is 1. The first kappa shape index (κ1) is 14.3. The molecule has 1 aliphatic heterocycles. The number of aryl methyl sites for hydroxylation is 1. The van der Waals surface area contributed by atoms with Crippen LogP contribution >= 0.6 is 0 Å². The average molecular weight is 286 g/mol. The summed E-state index contributed by atoms with van der Waals surface area (Å²) in [7, 11) is 0. The van der Waals surface area contributed by atoms with Crippen molar-refractivity contribution in [2.75, 3.05) is 25.0 Å². The van der Waals surface area contributed by atoms with E-state index in [1.807, 2.05) is 18.2 Å². The number of anilines is 1. The summed E-state index contributed by atoms with van der Waals surface area (Å²) in [6.07, 6.45) is 4.37. The third kappa shape index (κ3) is 3.16. The molecule has 4 heteroatoms. The van der Waals surface area contributed by atoms with Gasteiger partial charge in [0.1, 0.15) is 0 Å². The number of amides is 1. The molecule has 1 atom stereocenters. The predicted octanol–water partition coefficient (Wildman–Crippen LogP) is 2.49. The summed E-state index contributed by atoms with van der Waals surface area (Å²) in [5.74, 6) is 0.337. The van der Waals surface area contributed by atoms with Crippen molar-refractivity contribution in [1.29, 1.82) is 0 Å². The van der Waals surface area contributed by atoms with Gasteiger partial charge >= 0.3 is 0 Å². The number of rotatable bonds is 3. The van der Waals surface area contributed by atoms with Gasteiger partial charge in [-0.1, -0.05) is 0 Å². The highest BCUT2D eigenvalue weighted by molar-refractivity contribution is 6.01. The molecule has 0 spiro atoms. The Labute approximate surface area is 125 Å². The van der Waals surface area contributed by atoms with Crippen molar-refractivity contribution in [3.05, 3.63) is 29.3 Å². The van der Waals surface area contributed by atoms with Crippen molar-refractivity contribution < 1.29 is 9.59 Å². The van der Waals surface area contributed by atoms with Crippen LogP contribution in [0.5, 0.6) is 0 Å². The Morgan fingerprint density at radius 3 is 2.81 bits per heavy atom. The van der Waals surface area contributed by atoms with Crippen LogP contribution in [0, 0.1) is 5.92 Å². The molecule has 1 unspecified atom stereocenters. The molecule has 1 saturated heterocycles. The van der Waals surface area contributed by atoms with E-state index in [9.17, 15) is 9.59 Å². The largest absolute Gasteiger partial charge is 0.326 e. The van der Waals surface area contributed by atoms with E-state index in [4.69, 9.17) is 0 Å². The van der Waals surface area contributed by atoms with Crippen LogP contribution in [0.4, 0.5) is 5.69 Å². The summed E-state index contributed by atoms with van der Waals surface area (Å²) in [5, 5.41) is 2.78. The lowest BCUT2D eigenvalue weighted by atomic mass is 9.82. The molecule has 0 saturated carbocycles. The zero-order valence-corrected chi connectivity index (χ0v) is 12.5. The number of carbonyl (C=O) groups excluding carboxylic acids is 2. The van der Waals surface area contributed by atoms with E-state index in [1.54, 1.807) is 0 Å². The number of fused-ring (bicyclic) bond motifs is 1. The van der Waals surface area contributed by atoms with Gasteiger partial charge in [-0.3, -0.25) is 9.59 Å². The van der Waals surface area contributed by atoms with Gasteiger partial charge in [-0.2, -0.15) is 0 Å². The zero-order valence-electron chi connectivity index (χ0n) is 12.5. The minimum absolute atomic E-state index is 0.0796. The molecule has 1 aliphatic carbocycles. The molecular formula is C17H22N2O2. The van der Waals surface area contributed by atoms with Crippen LogP contribution in [0.3, 0.4) is 0 Å². The number of ketones is 1. The van der Waals surface area contributed by atoms with Crippen LogP contribution in [0.25, 0.3) is 0 Å². The molecule has 1 aromatic rings. The Hall–Kier alpha value is -1.68. The molecule has 1 N–H and O–H groups in total. The highest BCUT2D eigenvalue weighted by atomic mass is 16.1. The Bertz CT molecular complexity index is 562. The maximum absolute atomic E-state index is 12.6. The van der Waals surface area contributed by atoms with E-state index in [-0.39, 0.29) is 17.6 Å². The lowest BCUT2D eigenvalue weighted by molar-refractivity contribution is -0.114. The Kier molecular flexibility index (Phi) is 4.06. The van der Waals surface area contributed by atoms with E-state index in [0.717, 1.165) is 49.3 Å². The smallest absolute Gasteiger partial charge is 0.221 e. The number of benzene rings is 1. The molecule has 21 heavy (non-hydrogen) atoms. The van der Waals surface area contributed by atoms with Crippen LogP contribution in [0.15, 0.2) is 18.2 Å².